The molecule has 2 N–H and O–H groups in total. The molecular weight excluding hydrogens is 268 g/mol. The Morgan fingerprint density at radius 1 is 1.14 bits per heavy atom. The van der Waals surface area contributed by atoms with Gasteiger partial charge in [0.2, 0.25) is 0 Å². The lowest BCUT2D eigenvalue weighted by Crippen LogP contribution is -2.15. The van der Waals surface area contributed by atoms with Crippen molar-refractivity contribution in [2.75, 3.05) is 7.11 Å². The molecule has 110 valence electrons. The lowest BCUT2D eigenvalue weighted by molar-refractivity contribution is -0.384. The first kappa shape index (κ1) is 15.0. The summed E-state index contributed by atoms with van der Waals surface area (Å²) in [5, 5.41) is 10.9. The first-order valence-corrected chi connectivity index (χ1v) is 6.59. The number of aryl methyl sites for hydroxylation is 2. The van der Waals surface area contributed by atoms with E-state index in [1.54, 1.807) is 6.07 Å². The third kappa shape index (κ3) is 3.03. The molecule has 2 aromatic rings. The lowest BCUT2D eigenvalue weighted by Gasteiger charge is -2.18. The molecule has 0 bridgehead atoms. The van der Waals surface area contributed by atoms with Crippen molar-refractivity contribution >= 4 is 5.69 Å². The third-order valence-electron chi connectivity index (χ3n) is 3.52. The first-order valence-electron chi connectivity index (χ1n) is 6.59. The van der Waals surface area contributed by atoms with Crippen LogP contribution < -0.4 is 10.5 Å². The van der Waals surface area contributed by atoms with Crippen LogP contribution in [0.3, 0.4) is 0 Å². The highest BCUT2D eigenvalue weighted by Crippen LogP contribution is 2.32. The highest BCUT2D eigenvalue weighted by Gasteiger charge is 2.19. The van der Waals surface area contributed by atoms with Gasteiger partial charge < -0.3 is 10.5 Å². The van der Waals surface area contributed by atoms with Gasteiger partial charge in [0, 0.05) is 17.7 Å². The van der Waals surface area contributed by atoms with E-state index >= 15 is 0 Å². The van der Waals surface area contributed by atoms with E-state index in [1.807, 2.05) is 32.0 Å². The van der Waals surface area contributed by atoms with Crippen molar-refractivity contribution in [3.05, 3.63) is 68.8 Å². The molecule has 1 atom stereocenters. The van der Waals surface area contributed by atoms with Crippen LogP contribution >= 0.6 is 0 Å². The van der Waals surface area contributed by atoms with Gasteiger partial charge in [-0.15, -0.1) is 0 Å². The van der Waals surface area contributed by atoms with Crippen LogP contribution in [0.1, 0.15) is 28.3 Å². The summed E-state index contributed by atoms with van der Waals surface area (Å²) in [4.78, 5) is 10.5. The summed E-state index contributed by atoms with van der Waals surface area (Å²) in [7, 11) is 1.53. The second-order valence-electron chi connectivity index (χ2n) is 5.02. The number of ether oxygens (including phenoxy) is 1. The van der Waals surface area contributed by atoms with E-state index in [-0.39, 0.29) is 5.69 Å². The predicted molar refractivity (Wildman–Crippen MR) is 81.6 cm³/mol. The van der Waals surface area contributed by atoms with Gasteiger partial charge in [-0.3, -0.25) is 10.1 Å². The van der Waals surface area contributed by atoms with Gasteiger partial charge in [-0.2, -0.15) is 0 Å². The minimum Gasteiger partial charge on any atom is -0.496 e. The van der Waals surface area contributed by atoms with E-state index in [4.69, 9.17) is 10.5 Å². The molecule has 2 aromatic carbocycles. The van der Waals surface area contributed by atoms with E-state index in [0.717, 1.165) is 16.7 Å². The quantitative estimate of drug-likeness (QED) is 0.691. The van der Waals surface area contributed by atoms with Gasteiger partial charge in [0.1, 0.15) is 5.75 Å². The molecule has 0 saturated heterocycles. The molecule has 0 fully saturated rings. The number of hydrogen-bond acceptors (Lipinski definition) is 4. The average molecular weight is 286 g/mol. The van der Waals surface area contributed by atoms with Gasteiger partial charge >= 0.3 is 0 Å². The molecule has 0 heterocycles. The van der Waals surface area contributed by atoms with Crippen LogP contribution in [0, 0.1) is 24.0 Å². The highest BCUT2D eigenvalue weighted by atomic mass is 16.6. The Bertz CT molecular complexity index is 683. The maximum atomic E-state index is 10.9. The number of nitro benzene ring substituents is 1. The van der Waals surface area contributed by atoms with Crippen LogP contribution in [0.15, 0.2) is 36.4 Å². The summed E-state index contributed by atoms with van der Waals surface area (Å²) < 4.78 is 5.28. The Morgan fingerprint density at radius 3 is 2.43 bits per heavy atom. The Morgan fingerprint density at radius 2 is 1.86 bits per heavy atom. The summed E-state index contributed by atoms with van der Waals surface area (Å²) in [6, 6.07) is 9.97. The van der Waals surface area contributed by atoms with E-state index in [1.165, 1.54) is 19.2 Å². The Hall–Kier alpha value is -2.40. The zero-order valence-corrected chi connectivity index (χ0v) is 12.3. The summed E-state index contributed by atoms with van der Waals surface area (Å²) in [6.07, 6.45) is 0. The number of rotatable bonds is 4. The van der Waals surface area contributed by atoms with Crippen molar-refractivity contribution in [2.45, 2.75) is 19.9 Å². The molecular formula is C16H18N2O3. The zero-order valence-electron chi connectivity index (χ0n) is 12.3. The SMILES string of the molecule is COc1ccc([N+](=O)[O-])cc1C(N)c1ccc(C)cc1C. The lowest BCUT2D eigenvalue weighted by atomic mass is 9.93. The third-order valence-corrected chi connectivity index (χ3v) is 3.52. The number of nitro groups is 1. The number of benzene rings is 2. The van der Waals surface area contributed by atoms with E-state index in [9.17, 15) is 10.1 Å². The van der Waals surface area contributed by atoms with Crippen molar-refractivity contribution in [1.82, 2.24) is 0 Å². The van der Waals surface area contributed by atoms with Crippen molar-refractivity contribution in [3.8, 4) is 5.75 Å². The fourth-order valence-corrected chi connectivity index (χ4v) is 2.42. The summed E-state index contributed by atoms with van der Waals surface area (Å²) in [5.41, 5.74) is 10.1. The number of methoxy groups -OCH3 is 1. The molecule has 5 heteroatoms. The molecule has 0 aliphatic carbocycles. The first-order chi connectivity index (χ1) is 9.93. The van der Waals surface area contributed by atoms with Crippen molar-refractivity contribution < 1.29 is 9.66 Å². The topological polar surface area (TPSA) is 78.4 Å². The molecule has 2 rings (SSSR count). The Labute approximate surface area is 123 Å². The van der Waals surface area contributed by atoms with Crippen LogP contribution in [-0.4, -0.2) is 12.0 Å². The molecule has 0 radical (unpaired) electrons. The standard InChI is InChI=1S/C16H18N2O3/c1-10-4-6-13(11(2)8-10)16(17)14-9-12(18(19)20)5-7-15(14)21-3/h4-9,16H,17H2,1-3H3. The zero-order chi connectivity index (χ0) is 15.6. The summed E-state index contributed by atoms with van der Waals surface area (Å²) >= 11 is 0. The molecule has 5 nitrogen and oxygen atoms in total. The monoisotopic (exact) mass is 286 g/mol. The summed E-state index contributed by atoms with van der Waals surface area (Å²) in [5.74, 6) is 0.549. The number of nitrogens with zero attached hydrogens (tertiary/aromatic N) is 1. The largest absolute Gasteiger partial charge is 0.496 e. The number of non-ortho nitro benzene ring substituents is 1. The van der Waals surface area contributed by atoms with Crippen molar-refractivity contribution in [1.29, 1.82) is 0 Å². The number of nitrogens with two attached hydrogens (primary N) is 1. The van der Waals surface area contributed by atoms with Crippen molar-refractivity contribution in [2.24, 2.45) is 5.73 Å². The van der Waals surface area contributed by atoms with Crippen LogP contribution in [-0.2, 0) is 0 Å². The minimum absolute atomic E-state index is 0.00557. The number of hydrogen-bond donors (Lipinski definition) is 1. The van der Waals surface area contributed by atoms with Crippen LogP contribution in [0.25, 0.3) is 0 Å². The molecule has 0 aliphatic heterocycles. The second-order valence-corrected chi connectivity index (χ2v) is 5.02. The van der Waals surface area contributed by atoms with Crippen LogP contribution in [0.4, 0.5) is 5.69 Å². The van der Waals surface area contributed by atoms with Crippen LogP contribution in [0.5, 0.6) is 5.75 Å². The van der Waals surface area contributed by atoms with Crippen LogP contribution in [0.2, 0.25) is 0 Å². The maximum absolute atomic E-state index is 10.9. The average Bonchev–Trinajstić information content (AvgIpc) is 2.45. The summed E-state index contributed by atoms with van der Waals surface area (Å²) in [6.45, 7) is 3.99. The minimum atomic E-state index is -0.472. The normalized spacial score (nSPS) is 12.0. The fraction of sp³-hybridized carbons (Fsp3) is 0.250. The predicted octanol–water partition coefficient (Wildman–Crippen LogP) is 3.27. The van der Waals surface area contributed by atoms with Gasteiger partial charge in [0.15, 0.2) is 0 Å². The van der Waals surface area contributed by atoms with E-state index in [0.29, 0.717) is 11.3 Å². The molecule has 1 unspecified atom stereocenters. The smallest absolute Gasteiger partial charge is 0.270 e. The Balaban J connectivity index is 2.53. The molecule has 0 saturated carbocycles. The van der Waals surface area contributed by atoms with Gasteiger partial charge in [-0.1, -0.05) is 23.8 Å². The molecule has 0 spiro atoms. The van der Waals surface area contributed by atoms with Gasteiger partial charge in [0.25, 0.3) is 5.69 Å². The molecule has 0 aromatic heterocycles. The molecule has 21 heavy (non-hydrogen) atoms. The highest BCUT2D eigenvalue weighted by molar-refractivity contribution is 5.49. The molecule has 0 aliphatic rings. The van der Waals surface area contributed by atoms with Gasteiger partial charge in [-0.25, -0.2) is 0 Å². The second kappa shape index (κ2) is 5.93. The molecule has 0 amide bonds. The maximum Gasteiger partial charge on any atom is 0.270 e. The fourth-order valence-electron chi connectivity index (χ4n) is 2.42. The van der Waals surface area contributed by atoms with Crippen molar-refractivity contribution in [3.63, 3.8) is 0 Å². The van der Waals surface area contributed by atoms with E-state index in [2.05, 4.69) is 0 Å². The Kier molecular flexibility index (Phi) is 4.23. The van der Waals surface area contributed by atoms with E-state index < -0.39 is 11.0 Å². The van der Waals surface area contributed by atoms with Gasteiger partial charge in [-0.05, 0) is 31.0 Å². The van der Waals surface area contributed by atoms with Gasteiger partial charge in [0.05, 0.1) is 18.1 Å².